The van der Waals surface area contributed by atoms with Crippen LogP contribution in [0.2, 0.25) is 0 Å². The summed E-state index contributed by atoms with van der Waals surface area (Å²) in [7, 11) is 0. The maximum absolute atomic E-state index is 12.9. The van der Waals surface area contributed by atoms with E-state index in [0.717, 1.165) is 11.3 Å². The Hall–Kier alpha value is -2.56. The third kappa shape index (κ3) is 3.85. The topological polar surface area (TPSA) is 47.6 Å². The molecule has 1 atom stereocenters. The first kappa shape index (κ1) is 16.3. The predicted octanol–water partition coefficient (Wildman–Crippen LogP) is 3.62. The van der Waals surface area contributed by atoms with Gasteiger partial charge in [-0.05, 0) is 44.2 Å². The smallest absolute Gasteiger partial charge is 0.258 e. The summed E-state index contributed by atoms with van der Waals surface area (Å²) in [5, 5.41) is 2.99. The number of hydrogen-bond acceptors (Lipinski definition) is 3. The van der Waals surface area contributed by atoms with E-state index in [1.165, 1.54) is 24.3 Å². The molecule has 126 valence electrons. The van der Waals surface area contributed by atoms with Crippen LogP contribution < -0.4 is 14.8 Å². The van der Waals surface area contributed by atoms with Crippen LogP contribution in [0.15, 0.2) is 48.5 Å². The van der Waals surface area contributed by atoms with Gasteiger partial charge in [0.1, 0.15) is 22.9 Å². The minimum atomic E-state index is -0.357. The van der Waals surface area contributed by atoms with Crippen molar-refractivity contribution in [3.8, 4) is 11.5 Å². The molecular formula is C19H20FNO3. The van der Waals surface area contributed by atoms with Gasteiger partial charge in [0.05, 0.1) is 6.04 Å². The maximum Gasteiger partial charge on any atom is 0.258 e. The van der Waals surface area contributed by atoms with Crippen molar-refractivity contribution in [1.29, 1.82) is 0 Å². The first-order chi connectivity index (χ1) is 11.4. The van der Waals surface area contributed by atoms with E-state index >= 15 is 0 Å². The predicted molar refractivity (Wildman–Crippen MR) is 88.5 cm³/mol. The fraction of sp³-hybridized carbons (Fsp3) is 0.316. The summed E-state index contributed by atoms with van der Waals surface area (Å²) in [6, 6.07) is 13.2. The molecule has 3 rings (SSSR count). The lowest BCUT2D eigenvalue weighted by molar-refractivity contribution is -0.124. The summed E-state index contributed by atoms with van der Waals surface area (Å²) in [5.74, 6) is 0.683. The van der Waals surface area contributed by atoms with Gasteiger partial charge in [0.25, 0.3) is 5.91 Å². The van der Waals surface area contributed by atoms with Crippen LogP contribution in [0.5, 0.6) is 11.5 Å². The van der Waals surface area contributed by atoms with Crippen molar-refractivity contribution < 1.29 is 18.7 Å². The van der Waals surface area contributed by atoms with Gasteiger partial charge in [-0.2, -0.15) is 0 Å². The molecule has 1 aliphatic rings. The minimum Gasteiger partial charge on any atom is -0.487 e. The van der Waals surface area contributed by atoms with Gasteiger partial charge in [0.15, 0.2) is 6.61 Å². The Labute approximate surface area is 140 Å². The molecule has 0 aliphatic carbocycles. The van der Waals surface area contributed by atoms with Crippen LogP contribution in [0.1, 0.15) is 31.9 Å². The Balaban J connectivity index is 1.64. The molecule has 1 amide bonds. The van der Waals surface area contributed by atoms with E-state index in [-0.39, 0.29) is 30.0 Å². The molecule has 5 heteroatoms. The van der Waals surface area contributed by atoms with Gasteiger partial charge in [-0.15, -0.1) is 0 Å². The van der Waals surface area contributed by atoms with Crippen molar-refractivity contribution in [2.75, 3.05) is 6.61 Å². The SMILES string of the molecule is CC1(C)CC(NC(=O)COc2ccc(F)cc2)c2ccccc2O1. The standard InChI is InChI=1S/C19H20FNO3/c1-19(2)11-16(15-5-3-4-6-17(15)24-19)21-18(22)12-23-14-9-7-13(20)8-10-14/h3-10,16H,11-12H2,1-2H3,(H,21,22). The van der Waals surface area contributed by atoms with Crippen molar-refractivity contribution in [2.24, 2.45) is 0 Å². The largest absolute Gasteiger partial charge is 0.487 e. The fourth-order valence-corrected chi connectivity index (χ4v) is 2.85. The van der Waals surface area contributed by atoms with Crippen LogP contribution >= 0.6 is 0 Å². The van der Waals surface area contributed by atoms with Gasteiger partial charge >= 0.3 is 0 Å². The molecule has 1 heterocycles. The van der Waals surface area contributed by atoms with Gasteiger partial charge in [-0.3, -0.25) is 4.79 Å². The number of fused-ring (bicyclic) bond motifs is 1. The number of carbonyl (C=O) groups excluding carboxylic acids is 1. The molecule has 1 unspecified atom stereocenters. The molecule has 0 radical (unpaired) electrons. The van der Waals surface area contributed by atoms with Gasteiger partial charge in [0, 0.05) is 12.0 Å². The summed E-state index contributed by atoms with van der Waals surface area (Å²) in [6.07, 6.45) is 0.673. The van der Waals surface area contributed by atoms with Crippen LogP contribution in [-0.4, -0.2) is 18.1 Å². The van der Waals surface area contributed by atoms with Crippen molar-refractivity contribution in [3.05, 3.63) is 59.9 Å². The number of para-hydroxylation sites is 1. The van der Waals surface area contributed by atoms with E-state index in [4.69, 9.17) is 9.47 Å². The highest BCUT2D eigenvalue weighted by atomic mass is 19.1. The second kappa shape index (κ2) is 6.51. The molecule has 0 saturated carbocycles. The first-order valence-corrected chi connectivity index (χ1v) is 7.89. The van der Waals surface area contributed by atoms with Crippen molar-refractivity contribution in [1.82, 2.24) is 5.32 Å². The highest BCUT2D eigenvalue weighted by Gasteiger charge is 2.34. The lowest BCUT2D eigenvalue weighted by atomic mass is 9.90. The monoisotopic (exact) mass is 329 g/mol. The number of halogens is 1. The molecule has 1 N–H and O–H groups in total. The molecule has 2 aromatic carbocycles. The van der Waals surface area contributed by atoms with E-state index in [2.05, 4.69) is 5.32 Å². The quantitative estimate of drug-likeness (QED) is 0.932. The number of amides is 1. The summed E-state index contributed by atoms with van der Waals surface area (Å²) in [6.45, 7) is 3.87. The van der Waals surface area contributed by atoms with Crippen LogP contribution in [0.4, 0.5) is 4.39 Å². The zero-order valence-electron chi connectivity index (χ0n) is 13.7. The third-order valence-corrected chi connectivity index (χ3v) is 3.90. The number of hydrogen-bond donors (Lipinski definition) is 1. The van der Waals surface area contributed by atoms with Crippen LogP contribution in [0.3, 0.4) is 0 Å². The number of benzene rings is 2. The molecule has 0 fully saturated rings. The molecule has 0 spiro atoms. The molecule has 4 nitrogen and oxygen atoms in total. The van der Waals surface area contributed by atoms with Gasteiger partial charge < -0.3 is 14.8 Å². The molecule has 0 bridgehead atoms. The lowest BCUT2D eigenvalue weighted by Gasteiger charge is -2.37. The van der Waals surface area contributed by atoms with E-state index < -0.39 is 0 Å². The number of nitrogens with one attached hydrogen (secondary N) is 1. The van der Waals surface area contributed by atoms with Crippen LogP contribution in [0, 0.1) is 5.82 Å². The van der Waals surface area contributed by atoms with Crippen molar-refractivity contribution in [3.63, 3.8) is 0 Å². The van der Waals surface area contributed by atoms with Gasteiger partial charge in [-0.25, -0.2) is 4.39 Å². The number of carbonyl (C=O) groups is 1. The normalized spacial score (nSPS) is 18.2. The Kier molecular flexibility index (Phi) is 4.42. The average Bonchev–Trinajstić information content (AvgIpc) is 2.53. The minimum absolute atomic E-state index is 0.119. The van der Waals surface area contributed by atoms with Gasteiger partial charge in [0.2, 0.25) is 0 Å². The molecule has 1 aliphatic heterocycles. The number of rotatable bonds is 4. The van der Waals surface area contributed by atoms with Crippen molar-refractivity contribution in [2.45, 2.75) is 31.9 Å². The molecular weight excluding hydrogens is 309 g/mol. The summed E-state index contributed by atoms with van der Waals surface area (Å²) in [4.78, 5) is 12.2. The Morgan fingerprint density at radius 2 is 1.96 bits per heavy atom. The lowest BCUT2D eigenvalue weighted by Crippen LogP contribution is -2.42. The third-order valence-electron chi connectivity index (χ3n) is 3.90. The zero-order valence-corrected chi connectivity index (χ0v) is 13.7. The van der Waals surface area contributed by atoms with E-state index in [0.29, 0.717) is 12.2 Å². The second-order valence-corrected chi connectivity index (χ2v) is 6.47. The Morgan fingerprint density at radius 3 is 2.71 bits per heavy atom. The summed E-state index contributed by atoms with van der Waals surface area (Å²) in [5.41, 5.74) is 0.608. The Bertz CT molecular complexity index is 728. The van der Waals surface area contributed by atoms with E-state index in [1.54, 1.807) is 0 Å². The average molecular weight is 329 g/mol. The van der Waals surface area contributed by atoms with Crippen LogP contribution in [-0.2, 0) is 4.79 Å². The van der Waals surface area contributed by atoms with E-state index in [1.807, 2.05) is 38.1 Å². The van der Waals surface area contributed by atoms with Gasteiger partial charge in [-0.1, -0.05) is 18.2 Å². The number of ether oxygens (including phenoxy) is 2. The highest BCUT2D eigenvalue weighted by molar-refractivity contribution is 5.78. The maximum atomic E-state index is 12.9. The molecule has 0 saturated heterocycles. The summed E-state index contributed by atoms with van der Waals surface area (Å²) >= 11 is 0. The molecule has 2 aromatic rings. The Morgan fingerprint density at radius 1 is 1.25 bits per heavy atom. The van der Waals surface area contributed by atoms with E-state index in [9.17, 15) is 9.18 Å². The zero-order chi connectivity index (χ0) is 17.2. The fourth-order valence-electron chi connectivity index (χ4n) is 2.85. The molecule has 0 aromatic heterocycles. The second-order valence-electron chi connectivity index (χ2n) is 6.47. The highest BCUT2D eigenvalue weighted by Crippen LogP contribution is 2.39. The van der Waals surface area contributed by atoms with Crippen LogP contribution in [0.25, 0.3) is 0 Å². The summed E-state index contributed by atoms with van der Waals surface area (Å²) < 4.78 is 24.2. The first-order valence-electron chi connectivity index (χ1n) is 7.89. The molecule has 24 heavy (non-hydrogen) atoms. The van der Waals surface area contributed by atoms with Crippen molar-refractivity contribution >= 4 is 5.91 Å².